The van der Waals surface area contributed by atoms with Crippen LogP contribution in [0.2, 0.25) is 0 Å². The second-order valence-electron chi connectivity index (χ2n) is 5.50. The highest BCUT2D eigenvalue weighted by molar-refractivity contribution is 5.44. The van der Waals surface area contributed by atoms with E-state index in [9.17, 15) is 0 Å². The Bertz CT molecular complexity index is 622. The number of ether oxygens (including phenoxy) is 2. The Balaban J connectivity index is 1.94. The number of aryl methyl sites for hydroxylation is 1. The van der Waals surface area contributed by atoms with Crippen molar-refractivity contribution in [3.63, 3.8) is 0 Å². The van der Waals surface area contributed by atoms with Gasteiger partial charge >= 0.3 is 0 Å². The molecule has 2 aromatic carbocycles. The summed E-state index contributed by atoms with van der Waals surface area (Å²) < 4.78 is 11.5. The smallest absolute Gasteiger partial charge is 0.128 e. The summed E-state index contributed by atoms with van der Waals surface area (Å²) in [6.07, 6.45) is 1.00. The summed E-state index contributed by atoms with van der Waals surface area (Å²) in [5.74, 6) is 1.73. The molecule has 1 N–H and O–H groups in total. The van der Waals surface area contributed by atoms with E-state index in [1.807, 2.05) is 19.2 Å². The van der Waals surface area contributed by atoms with Gasteiger partial charge in [-0.1, -0.05) is 35.9 Å². The Kier molecular flexibility index (Phi) is 3.84. The third-order valence-electron chi connectivity index (χ3n) is 4.11. The van der Waals surface area contributed by atoms with Crippen LogP contribution in [-0.2, 0) is 0 Å². The van der Waals surface area contributed by atoms with E-state index in [1.54, 1.807) is 7.11 Å². The molecule has 2 unspecified atom stereocenters. The van der Waals surface area contributed by atoms with Gasteiger partial charge in [0.1, 0.15) is 17.6 Å². The van der Waals surface area contributed by atoms with Gasteiger partial charge in [0.05, 0.1) is 7.11 Å². The predicted molar refractivity (Wildman–Crippen MR) is 84.0 cm³/mol. The summed E-state index contributed by atoms with van der Waals surface area (Å²) in [5.41, 5.74) is 3.68. The third-order valence-corrected chi connectivity index (χ3v) is 4.11. The number of hydrogen-bond acceptors (Lipinski definition) is 3. The van der Waals surface area contributed by atoms with Gasteiger partial charge < -0.3 is 14.8 Å². The van der Waals surface area contributed by atoms with E-state index in [4.69, 9.17) is 9.47 Å². The van der Waals surface area contributed by atoms with Crippen molar-refractivity contribution in [1.29, 1.82) is 0 Å². The molecule has 2 aromatic rings. The molecule has 110 valence electrons. The van der Waals surface area contributed by atoms with E-state index in [1.165, 1.54) is 16.7 Å². The van der Waals surface area contributed by atoms with Gasteiger partial charge in [-0.3, -0.25) is 0 Å². The molecule has 2 atom stereocenters. The molecule has 0 saturated heterocycles. The second-order valence-corrected chi connectivity index (χ2v) is 5.50. The number of hydrogen-bond donors (Lipinski definition) is 1. The summed E-state index contributed by atoms with van der Waals surface area (Å²) in [6, 6.07) is 14.9. The molecule has 3 nitrogen and oxygen atoms in total. The first-order chi connectivity index (χ1) is 10.2. The predicted octanol–water partition coefficient (Wildman–Crippen LogP) is 3.79. The molecule has 21 heavy (non-hydrogen) atoms. The van der Waals surface area contributed by atoms with Crippen LogP contribution in [0.15, 0.2) is 42.5 Å². The number of nitrogens with one attached hydrogen (secondary N) is 1. The van der Waals surface area contributed by atoms with Crippen molar-refractivity contribution in [3.05, 3.63) is 59.2 Å². The van der Waals surface area contributed by atoms with Crippen molar-refractivity contribution in [3.8, 4) is 11.5 Å². The number of benzene rings is 2. The van der Waals surface area contributed by atoms with Gasteiger partial charge in [-0.15, -0.1) is 0 Å². The van der Waals surface area contributed by atoms with Gasteiger partial charge in [-0.2, -0.15) is 0 Å². The minimum absolute atomic E-state index is 0.0719. The first-order valence-electron chi connectivity index (χ1n) is 7.29. The lowest BCUT2D eigenvalue weighted by molar-refractivity contribution is 0.153. The molecule has 1 aliphatic rings. The van der Waals surface area contributed by atoms with Crippen LogP contribution in [0.4, 0.5) is 0 Å². The van der Waals surface area contributed by atoms with Crippen LogP contribution in [0.5, 0.6) is 11.5 Å². The van der Waals surface area contributed by atoms with E-state index < -0.39 is 0 Å². The monoisotopic (exact) mass is 283 g/mol. The van der Waals surface area contributed by atoms with E-state index >= 15 is 0 Å². The summed E-state index contributed by atoms with van der Waals surface area (Å²) in [5, 5.41) is 3.39. The Morgan fingerprint density at radius 1 is 1.14 bits per heavy atom. The van der Waals surface area contributed by atoms with Crippen molar-refractivity contribution in [1.82, 2.24) is 5.32 Å². The van der Waals surface area contributed by atoms with Crippen molar-refractivity contribution >= 4 is 0 Å². The normalized spacial score (nSPS) is 20.5. The Labute approximate surface area is 125 Å². The number of fused-ring (bicyclic) bond motifs is 1. The van der Waals surface area contributed by atoms with E-state index in [2.05, 4.69) is 42.6 Å². The Morgan fingerprint density at radius 3 is 2.57 bits per heavy atom. The Hall–Kier alpha value is -2.00. The summed E-state index contributed by atoms with van der Waals surface area (Å²) in [7, 11) is 3.67. The van der Waals surface area contributed by atoms with Crippen LogP contribution >= 0.6 is 0 Å². The molecule has 0 radical (unpaired) electrons. The fourth-order valence-electron chi connectivity index (χ4n) is 2.83. The molecule has 0 bridgehead atoms. The molecular weight excluding hydrogens is 262 g/mol. The van der Waals surface area contributed by atoms with Crippen molar-refractivity contribution in [2.75, 3.05) is 14.2 Å². The zero-order valence-corrected chi connectivity index (χ0v) is 12.7. The fraction of sp³-hybridized carbons (Fsp3) is 0.333. The maximum Gasteiger partial charge on any atom is 0.128 e. The first-order valence-corrected chi connectivity index (χ1v) is 7.29. The van der Waals surface area contributed by atoms with Crippen LogP contribution < -0.4 is 14.8 Å². The molecule has 0 amide bonds. The fourth-order valence-corrected chi connectivity index (χ4v) is 2.83. The molecule has 3 rings (SSSR count). The van der Waals surface area contributed by atoms with E-state index in [0.29, 0.717) is 6.04 Å². The zero-order chi connectivity index (χ0) is 14.8. The van der Waals surface area contributed by atoms with Gasteiger partial charge in [-0.25, -0.2) is 0 Å². The minimum atomic E-state index is 0.0719. The lowest BCUT2D eigenvalue weighted by atomic mass is 9.92. The second kappa shape index (κ2) is 5.78. The van der Waals surface area contributed by atoms with Crippen LogP contribution in [0, 0.1) is 6.92 Å². The molecule has 0 aromatic heterocycles. The van der Waals surface area contributed by atoms with Gasteiger partial charge in [0.15, 0.2) is 0 Å². The van der Waals surface area contributed by atoms with E-state index in [-0.39, 0.29) is 6.10 Å². The van der Waals surface area contributed by atoms with Crippen LogP contribution in [0.3, 0.4) is 0 Å². The molecule has 1 heterocycles. The Morgan fingerprint density at radius 2 is 1.90 bits per heavy atom. The summed E-state index contributed by atoms with van der Waals surface area (Å²) >= 11 is 0. The highest BCUT2D eigenvalue weighted by Gasteiger charge is 2.28. The van der Waals surface area contributed by atoms with Crippen molar-refractivity contribution in [2.24, 2.45) is 0 Å². The average Bonchev–Trinajstić information content (AvgIpc) is 2.53. The molecule has 1 aliphatic heterocycles. The highest BCUT2D eigenvalue weighted by Crippen LogP contribution is 2.42. The molecule has 3 heteroatoms. The SMILES string of the molecule is CNC1CC(c2ccc(C)cc2)Oc2cc(OC)ccc21. The maximum absolute atomic E-state index is 6.21. The van der Waals surface area contributed by atoms with Gasteiger partial charge in [0.2, 0.25) is 0 Å². The lowest BCUT2D eigenvalue weighted by Gasteiger charge is -2.32. The van der Waals surface area contributed by atoms with Crippen LogP contribution in [0.25, 0.3) is 0 Å². The van der Waals surface area contributed by atoms with Gasteiger partial charge in [0.25, 0.3) is 0 Å². The summed E-state index contributed by atoms with van der Waals surface area (Å²) in [6.45, 7) is 2.10. The quantitative estimate of drug-likeness (QED) is 0.929. The molecule has 0 saturated carbocycles. The molecule has 0 spiro atoms. The molecular formula is C18H21NO2. The number of rotatable bonds is 3. The van der Waals surface area contributed by atoms with Gasteiger partial charge in [0, 0.05) is 24.1 Å². The largest absolute Gasteiger partial charge is 0.497 e. The molecule has 0 fully saturated rings. The van der Waals surface area contributed by atoms with Crippen LogP contribution in [0.1, 0.15) is 35.3 Å². The minimum Gasteiger partial charge on any atom is -0.497 e. The third kappa shape index (κ3) is 2.74. The topological polar surface area (TPSA) is 30.5 Å². The highest BCUT2D eigenvalue weighted by atomic mass is 16.5. The standard InChI is InChI=1S/C18H21NO2/c1-12-4-6-13(7-5-12)17-11-16(19-2)15-9-8-14(20-3)10-18(15)21-17/h4-10,16-17,19H,11H2,1-3H3. The zero-order valence-electron chi connectivity index (χ0n) is 12.7. The van der Waals surface area contributed by atoms with Crippen molar-refractivity contribution < 1.29 is 9.47 Å². The summed E-state index contributed by atoms with van der Waals surface area (Å²) in [4.78, 5) is 0. The van der Waals surface area contributed by atoms with E-state index in [0.717, 1.165) is 17.9 Å². The average molecular weight is 283 g/mol. The van der Waals surface area contributed by atoms with Crippen molar-refractivity contribution in [2.45, 2.75) is 25.5 Å². The number of methoxy groups -OCH3 is 1. The van der Waals surface area contributed by atoms with Gasteiger partial charge in [-0.05, 0) is 25.6 Å². The van der Waals surface area contributed by atoms with Crippen LogP contribution in [-0.4, -0.2) is 14.2 Å². The first kappa shape index (κ1) is 14.0. The molecule has 0 aliphatic carbocycles. The maximum atomic E-state index is 6.21. The lowest BCUT2D eigenvalue weighted by Crippen LogP contribution is -2.26.